The summed E-state index contributed by atoms with van der Waals surface area (Å²) in [5.41, 5.74) is -3.29. The molecule has 0 radical (unpaired) electrons. The molecule has 2 aromatic carbocycles. The van der Waals surface area contributed by atoms with Gasteiger partial charge in [-0.15, -0.1) is 0 Å². The van der Waals surface area contributed by atoms with Gasteiger partial charge in [-0.3, -0.25) is 19.3 Å². The number of imide groups is 1. The van der Waals surface area contributed by atoms with E-state index in [-0.39, 0.29) is 38.0 Å². The average molecular weight is 611 g/mol. The summed E-state index contributed by atoms with van der Waals surface area (Å²) in [5, 5.41) is 2.36. The Morgan fingerprint density at radius 1 is 1.02 bits per heavy atom. The lowest BCUT2D eigenvalue weighted by atomic mass is 9.85. The molecular weight excluding hydrogens is 579 g/mol. The highest BCUT2D eigenvalue weighted by Gasteiger charge is 2.57. The maximum atomic E-state index is 14.6. The molecule has 2 aliphatic rings. The number of hydrogen-bond acceptors (Lipinski definition) is 5. The molecule has 1 spiro atoms. The van der Waals surface area contributed by atoms with Crippen LogP contribution in [0.5, 0.6) is 5.75 Å². The van der Waals surface area contributed by atoms with Gasteiger partial charge >= 0.3 is 12.2 Å². The number of likely N-dealkylation sites (N-methyl/N-ethyl adjacent to an activating group) is 1. The predicted octanol–water partition coefficient (Wildman–Crippen LogP) is 4.20. The molecule has 1 N–H and O–H groups in total. The Labute approximate surface area is 244 Å². The Bertz CT molecular complexity index is 1440. The standard InChI is InChI=1S/C29H31F5N4O5/c1-16(2)23(35-24(39)20-14-18(29(32,33)34)5-7-22(20)31)25(40)37-11-9-28(10-12-37)26(41)36(3)27(42)38(28)15-17-13-19(43-4)6-8-21(17)30/h5-8,13-14,16,23H,9-12,15H2,1-4H3,(H,35,39)/t23-/m1/s1. The molecule has 14 heteroatoms. The Kier molecular flexibility index (Phi) is 8.70. The van der Waals surface area contributed by atoms with Crippen LogP contribution < -0.4 is 10.1 Å². The van der Waals surface area contributed by atoms with E-state index >= 15 is 0 Å². The van der Waals surface area contributed by atoms with Gasteiger partial charge in [0.1, 0.15) is 29.0 Å². The van der Waals surface area contributed by atoms with Crippen LogP contribution in [0.3, 0.4) is 0 Å². The Balaban J connectivity index is 1.52. The van der Waals surface area contributed by atoms with Crippen LogP contribution >= 0.6 is 0 Å². The minimum atomic E-state index is -4.81. The summed E-state index contributed by atoms with van der Waals surface area (Å²) >= 11 is 0. The number of piperidine rings is 1. The van der Waals surface area contributed by atoms with Gasteiger partial charge in [-0.25, -0.2) is 13.6 Å². The number of carbonyl (C=O) groups is 4. The van der Waals surface area contributed by atoms with E-state index in [2.05, 4.69) is 5.32 Å². The molecule has 0 aliphatic carbocycles. The first-order valence-electron chi connectivity index (χ1n) is 13.5. The molecule has 2 fully saturated rings. The van der Waals surface area contributed by atoms with Crippen molar-refractivity contribution >= 4 is 23.8 Å². The molecule has 0 saturated carbocycles. The molecule has 9 nitrogen and oxygen atoms in total. The summed E-state index contributed by atoms with van der Waals surface area (Å²) in [5.74, 6) is -4.21. The molecule has 1 atom stereocenters. The highest BCUT2D eigenvalue weighted by Crippen LogP contribution is 2.39. The normalized spacial score (nSPS) is 17.6. The lowest BCUT2D eigenvalue weighted by Gasteiger charge is -2.43. The van der Waals surface area contributed by atoms with E-state index < -0.39 is 70.2 Å². The van der Waals surface area contributed by atoms with Gasteiger partial charge in [0.15, 0.2) is 0 Å². The van der Waals surface area contributed by atoms with Crippen molar-refractivity contribution in [1.29, 1.82) is 0 Å². The molecule has 0 bridgehead atoms. The first-order chi connectivity index (χ1) is 20.1. The van der Waals surface area contributed by atoms with E-state index in [0.29, 0.717) is 23.9 Å². The van der Waals surface area contributed by atoms with Crippen molar-refractivity contribution in [1.82, 2.24) is 20.0 Å². The summed E-state index contributed by atoms with van der Waals surface area (Å²) < 4.78 is 73.5. The van der Waals surface area contributed by atoms with Gasteiger partial charge in [0, 0.05) is 25.7 Å². The molecule has 2 heterocycles. The maximum absolute atomic E-state index is 14.6. The van der Waals surface area contributed by atoms with Gasteiger partial charge in [0.25, 0.3) is 11.8 Å². The molecule has 2 aromatic rings. The summed E-state index contributed by atoms with van der Waals surface area (Å²) in [6, 6.07) is 3.64. The number of nitrogens with one attached hydrogen (secondary N) is 1. The lowest BCUT2D eigenvalue weighted by Crippen LogP contribution is -2.60. The molecule has 232 valence electrons. The zero-order valence-corrected chi connectivity index (χ0v) is 23.9. The van der Waals surface area contributed by atoms with Crippen molar-refractivity contribution in [3.05, 3.63) is 64.7 Å². The topological polar surface area (TPSA) is 99.3 Å². The molecule has 2 aliphatic heterocycles. The summed E-state index contributed by atoms with van der Waals surface area (Å²) in [6.07, 6.45) is -4.78. The Hall–Kier alpha value is -4.23. The zero-order valence-electron chi connectivity index (χ0n) is 23.9. The van der Waals surface area contributed by atoms with Crippen LogP contribution in [-0.2, 0) is 22.3 Å². The number of amides is 5. The number of rotatable bonds is 7. The number of hydrogen-bond donors (Lipinski definition) is 1. The number of likely N-dealkylation sites (tertiary alicyclic amines) is 1. The fourth-order valence-electron chi connectivity index (χ4n) is 5.45. The number of benzene rings is 2. The van der Waals surface area contributed by atoms with Gasteiger partial charge in [-0.1, -0.05) is 13.8 Å². The van der Waals surface area contributed by atoms with Crippen molar-refractivity contribution in [3.8, 4) is 5.75 Å². The van der Waals surface area contributed by atoms with Crippen LogP contribution in [-0.4, -0.2) is 77.3 Å². The van der Waals surface area contributed by atoms with Crippen LogP contribution in [0.1, 0.15) is 48.2 Å². The quantitative estimate of drug-likeness (QED) is 0.375. The van der Waals surface area contributed by atoms with Gasteiger partial charge in [0.2, 0.25) is 5.91 Å². The van der Waals surface area contributed by atoms with Crippen molar-refractivity contribution in [2.75, 3.05) is 27.2 Å². The molecule has 5 amide bonds. The van der Waals surface area contributed by atoms with Crippen molar-refractivity contribution in [2.24, 2.45) is 5.92 Å². The molecule has 4 rings (SSSR count). The fourth-order valence-corrected chi connectivity index (χ4v) is 5.45. The average Bonchev–Trinajstić information content (AvgIpc) is 3.12. The molecule has 0 aromatic heterocycles. The van der Waals surface area contributed by atoms with E-state index in [1.807, 2.05) is 0 Å². The van der Waals surface area contributed by atoms with Crippen LogP contribution in [0.25, 0.3) is 0 Å². The molecule has 2 saturated heterocycles. The highest BCUT2D eigenvalue weighted by atomic mass is 19.4. The second-order valence-corrected chi connectivity index (χ2v) is 10.9. The van der Waals surface area contributed by atoms with E-state index in [4.69, 9.17) is 4.74 Å². The first kappa shape index (κ1) is 31.7. The van der Waals surface area contributed by atoms with Crippen LogP contribution in [0.15, 0.2) is 36.4 Å². The summed E-state index contributed by atoms with van der Waals surface area (Å²) in [7, 11) is 2.73. The number of methoxy groups -OCH3 is 1. The van der Waals surface area contributed by atoms with Gasteiger partial charge in [-0.2, -0.15) is 13.2 Å². The van der Waals surface area contributed by atoms with Crippen molar-refractivity contribution < 1.29 is 45.9 Å². The smallest absolute Gasteiger partial charge is 0.416 e. The summed E-state index contributed by atoms with van der Waals surface area (Å²) in [4.78, 5) is 56.4. The van der Waals surface area contributed by atoms with Gasteiger partial charge < -0.3 is 19.9 Å². The third-order valence-corrected chi connectivity index (χ3v) is 7.98. The van der Waals surface area contributed by atoms with Gasteiger partial charge in [0.05, 0.1) is 24.8 Å². The second kappa shape index (κ2) is 11.8. The second-order valence-electron chi connectivity index (χ2n) is 10.9. The lowest BCUT2D eigenvalue weighted by molar-refractivity contribution is -0.142. The molecule has 43 heavy (non-hydrogen) atoms. The minimum Gasteiger partial charge on any atom is -0.497 e. The van der Waals surface area contributed by atoms with E-state index in [0.717, 1.165) is 4.90 Å². The minimum absolute atomic E-state index is 0.0141. The van der Waals surface area contributed by atoms with Crippen LogP contribution in [0, 0.1) is 17.6 Å². The number of carbonyl (C=O) groups excluding carboxylic acids is 4. The fraction of sp³-hybridized carbons (Fsp3) is 0.448. The van der Waals surface area contributed by atoms with Crippen LogP contribution in [0.2, 0.25) is 0 Å². The largest absolute Gasteiger partial charge is 0.497 e. The number of alkyl halides is 3. The number of halogens is 5. The highest BCUT2D eigenvalue weighted by molar-refractivity contribution is 6.07. The van der Waals surface area contributed by atoms with Gasteiger partial charge in [-0.05, 0) is 55.2 Å². The predicted molar refractivity (Wildman–Crippen MR) is 143 cm³/mol. The maximum Gasteiger partial charge on any atom is 0.416 e. The van der Waals surface area contributed by atoms with Crippen LogP contribution in [0.4, 0.5) is 26.7 Å². The van der Waals surface area contributed by atoms with E-state index in [1.54, 1.807) is 13.8 Å². The Morgan fingerprint density at radius 2 is 1.65 bits per heavy atom. The SMILES string of the molecule is COc1ccc(F)c(CN2C(=O)N(C)C(=O)C23CCN(C(=O)[C@H](NC(=O)c2cc(C(F)(F)F)ccc2F)C(C)C)CC3)c1. The van der Waals surface area contributed by atoms with Crippen molar-refractivity contribution in [3.63, 3.8) is 0 Å². The van der Waals surface area contributed by atoms with E-state index in [1.165, 1.54) is 42.2 Å². The number of urea groups is 1. The molecular formula is C29H31F5N4O5. The molecule has 0 unspecified atom stereocenters. The summed E-state index contributed by atoms with van der Waals surface area (Å²) in [6.45, 7) is 2.96. The van der Waals surface area contributed by atoms with Crippen molar-refractivity contribution in [2.45, 2.75) is 51.0 Å². The Morgan fingerprint density at radius 3 is 2.23 bits per heavy atom. The monoisotopic (exact) mass is 610 g/mol. The third-order valence-electron chi connectivity index (χ3n) is 7.98. The first-order valence-corrected chi connectivity index (χ1v) is 13.5. The third kappa shape index (κ3) is 6.00. The zero-order chi connectivity index (χ0) is 31.9. The number of ether oxygens (including phenoxy) is 1. The number of nitrogens with zero attached hydrogens (tertiary/aromatic N) is 3. The van der Waals surface area contributed by atoms with E-state index in [9.17, 15) is 41.1 Å².